The number of hydrogen-bond donors (Lipinski definition) is 0. The van der Waals surface area contributed by atoms with Gasteiger partial charge in [0.15, 0.2) is 6.10 Å². The Bertz CT molecular complexity index is 1120. The fourth-order valence-corrected chi connectivity index (χ4v) is 7.91. The van der Waals surface area contributed by atoms with Gasteiger partial charge in [-0.1, -0.05) is 243 Å². The maximum Gasteiger partial charge on any atom is 0.306 e. The molecule has 0 amide bonds. The lowest BCUT2D eigenvalue weighted by Crippen LogP contribution is -2.30. The molecule has 6 heteroatoms. The second-order valence-electron chi connectivity index (χ2n) is 18.6. The highest BCUT2D eigenvalue weighted by molar-refractivity contribution is 5.71. The third-order valence-electron chi connectivity index (χ3n) is 12.1. The zero-order chi connectivity index (χ0) is 46.5. The van der Waals surface area contributed by atoms with Crippen molar-refractivity contribution in [2.45, 2.75) is 290 Å². The Kier molecular flexibility index (Phi) is 50.8. The Morgan fingerprint density at radius 3 is 0.922 bits per heavy atom. The van der Waals surface area contributed by atoms with E-state index in [-0.39, 0.29) is 31.1 Å². The van der Waals surface area contributed by atoms with Crippen LogP contribution in [0.4, 0.5) is 0 Å². The maximum atomic E-state index is 12.8. The van der Waals surface area contributed by atoms with Crippen molar-refractivity contribution in [2.75, 3.05) is 13.2 Å². The average molecular weight is 897 g/mol. The first-order valence-corrected chi connectivity index (χ1v) is 27.7. The predicted molar refractivity (Wildman–Crippen MR) is 275 cm³/mol. The van der Waals surface area contributed by atoms with Crippen LogP contribution in [0.2, 0.25) is 0 Å². The summed E-state index contributed by atoms with van der Waals surface area (Å²) in [6, 6.07) is 0. The standard InChI is InChI=1S/C58H104O6/c1-4-7-10-13-16-19-22-25-27-28-29-31-33-36-39-42-45-48-51-57(60)63-54-55(53-62-56(59)50-47-44-41-38-35-32-24-21-18-15-12-9-6-3)64-58(61)52-49-46-43-40-37-34-30-26-23-20-17-14-11-8-5-2/h20,22-23,25,27-29,31,55H,4-19,21,24,26,30,32-54H2,1-3H3/b23-20-,25-22-,28-27-,31-29-. The summed E-state index contributed by atoms with van der Waals surface area (Å²) in [5.74, 6) is -0.892. The van der Waals surface area contributed by atoms with Gasteiger partial charge in [-0.05, 0) is 70.6 Å². The minimum absolute atomic E-state index is 0.0789. The van der Waals surface area contributed by atoms with Crippen molar-refractivity contribution >= 4 is 17.9 Å². The SMILES string of the molecule is CCCCCC/C=C\CCCCCCCCCC(=O)OC(COC(=O)CCCCCCC\C=C/C=C\C=C/CCCCCCC)COC(=O)CCCCCCCCCCCCCCC. The second-order valence-corrected chi connectivity index (χ2v) is 18.6. The average Bonchev–Trinajstić information content (AvgIpc) is 3.29. The largest absolute Gasteiger partial charge is 0.462 e. The quantitative estimate of drug-likeness (QED) is 0.0199. The molecule has 0 saturated heterocycles. The summed E-state index contributed by atoms with van der Waals surface area (Å²) < 4.78 is 16.8. The maximum absolute atomic E-state index is 12.8. The Labute approximate surface area is 397 Å². The Morgan fingerprint density at radius 1 is 0.312 bits per heavy atom. The van der Waals surface area contributed by atoms with Crippen LogP contribution in [-0.4, -0.2) is 37.2 Å². The van der Waals surface area contributed by atoms with Crippen molar-refractivity contribution < 1.29 is 28.6 Å². The number of ether oxygens (including phenoxy) is 3. The molecule has 0 spiro atoms. The van der Waals surface area contributed by atoms with E-state index in [1.165, 1.54) is 167 Å². The fraction of sp³-hybridized carbons (Fsp3) is 0.810. The van der Waals surface area contributed by atoms with E-state index >= 15 is 0 Å². The van der Waals surface area contributed by atoms with Crippen LogP contribution in [0.1, 0.15) is 284 Å². The van der Waals surface area contributed by atoms with E-state index in [1.54, 1.807) is 0 Å². The van der Waals surface area contributed by atoms with Gasteiger partial charge in [-0.25, -0.2) is 0 Å². The molecule has 0 aliphatic carbocycles. The van der Waals surface area contributed by atoms with Crippen molar-refractivity contribution in [3.8, 4) is 0 Å². The molecule has 372 valence electrons. The molecule has 1 atom stereocenters. The first-order chi connectivity index (χ1) is 31.5. The number of hydrogen-bond acceptors (Lipinski definition) is 6. The van der Waals surface area contributed by atoms with E-state index in [0.29, 0.717) is 19.3 Å². The molecule has 6 nitrogen and oxygen atoms in total. The van der Waals surface area contributed by atoms with E-state index in [9.17, 15) is 14.4 Å². The van der Waals surface area contributed by atoms with Gasteiger partial charge in [0.25, 0.3) is 0 Å². The molecule has 0 rings (SSSR count). The Hall–Kier alpha value is -2.63. The number of allylic oxidation sites excluding steroid dienone is 8. The molecular formula is C58H104O6. The molecule has 0 saturated carbocycles. The highest BCUT2D eigenvalue weighted by Crippen LogP contribution is 2.15. The minimum atomic E-state index is -0.781. The van der Waals surface area contributed by atoms with Crippen LogP contribution in [0.3, 0.4) is 0 Å². The van der Waals surface area contributed by atoms with E-state index < -0.39 is 6.10 Å². The lowest BCUT2D eigenvalue weighted by atomic mass is 10.0. The molecule has 0 aliphatic heterocycles. The van der Waals surface area contributed by atoms with Crippen LogP contribution in [0, 0.1) is 0 Å². The van der Waals surface area contributed by atoms with E-state index in [4.69, 9.17) is 14.2 Å². The normalized spacial score (nSPS) is 12.4. The van der Waals surface area contributed by atoms with E-state index in [0.717, 1.165) is 77.0 Å². The number of carbonyl (C=O) groups excluding carboxylic acids is 3. The van der Waals surface area contributed by atoms with Gasteiger partial charge in [-0.2, -0.15) is 0 Å². The molecule has 0 aromatic carbocycles. The first-order valence-electron chi connectivity index (χ1n) is 27.7. The van der Waals surface area contributed by atoms with Crippen LogP contribution >= 0.6 is 0 Å². The zero-order valence-electron chi connectivity index (χ0n) is 42.6. The molecule has 64 heavy (non-hydrogen) atoms. The molecule has 0 radical (unpaired) electrons. The first kappa shape index (κ1) is 61.4. The molecule has 1 unspecified atom stereocenters. The summed E-state index contributed by atoms with van der Waals surface area (Å²) in [5.41, 5.74) is 0. The Balaban J connectivity index is 4.40. The van der Waals surface area contributed by atoms with Gasteiger partial charge in [-0.3, -0.25) is 14.4 Å². The second kappa shape index (κ2) is 53.0. The third-order valence-corrected chi connectivity index (χ3v) is 12.1. The van der Waals surface area contributed by atoms with Gasteiger partial charge < -0.3 is 14.2 Å². The van der Waals surface area contributed by atoms with Crippen LogP contribution in [0.15, 0.2) is 48.6 Å². The van der Waals surface area contributed by atoms with Gasteiger partial charge >= 0.3 is 17.9 Å². The summed E-state index contributed by atoms with van der Waals surface area (Å²) in [6.45, 7) is 6.61. The van der Waals surface area contributed by atoms with Crippen molar-refractivity contribution in [2.24, 2.45) is 0 Å². The fourth-order valence-electron chi connectivity index (χ4n) is 7.91. The highest BCUT2D eigenvalue weighted by atomic mass is 16.6. The molecule has 0 fully saturated rings. The van der Waals surface area contributed by atoms with Crippen LogP contribution in [-0.2, 0) is 28.6 Å². The van der Waals surface area contributed by atoms with Crippen molar-refractivity contribution in [3.63, 3.8) is 0 Å². The summed E-state index contributed by atoms with van der Waals surface area (Å²) >= 11 is 0. The van der Waals surface area contributed by atoms with Crippen molar-refractivity contribution in [1.82, 2.24) is 0 Å². The predicted octanol–water partition coefficient (Wildman–Crippen LogP) is 18.3. The summed E-state index contributed by atoms with van der Waals surface area (Å²) in [4.78, 5) is 38.1. The zero-order valence-corrected chi connectivity index (χ0v) is 42.6. The summed E-state index contributed by atoms with van der Waals surface area (Å²) in [5, 5.41) is 0. The number of unbranched alkanes of at least 4 members (excludes halogenated alkanes) is 33. The van der Waals surface area contributed by atoms with E-state index in [2.05, 4.69) is 69.4 Å². The molecule has 0 aromatic rings. The lowest BCUT2D eigenvalue weighted by Gasteiger charge is -2.18. The summed E-state index contributed by atoms with van der Waals surface area (Å²) in [7, 11) is 0. The molecule has 0 heterocycles. The van der Waals surface area contributed by atoms with Crippen molar-refractivity contribution in [3.05, 3.63) is 48.6 Å². The molecular weight excluding hydrogens is 793 g/mol. The number of carbonyl (C=O) groups is 3. The minimum Gasteiger partial charge on any atom is -0.462 e. The van der Waals surface area contributed by atoms with Gasteiger partial charge in [-0.15, -0.1) is 0 Å². The van der Waals surface area contributed by atoms with Crippen LogP contribution in [0.5, 0.6) is 0 Å². The van der Waals surface area contributed by atoms with E-state index in [1.807, 2.05) is 0 Å². The lowest BCUT2D eigenvalue weighted by molar-refractivity contribution is -0.167. The molecule has 0 N–H and O–H groups in total. The van der Waals surface area contributed by atoms with Crippen LogP contribution in [0.25, 0.3) is 0 Å². The smallest absolute Gasteiger partial charge is 0.306 e. The molecule has 0 bridgehead atoms. The topological polar surface area (TPSA) is 78.9 Å². The van der Waals surface area contributed by atoms with Gasteiger partial charge in [0, 0.05) is 19.3 Å². The monoisotopic (exact) mass is 897 g/mol. The number of rotatable bonds is 50. The van der Waals surface area contributed by atoms with Crippen LogP contribution < -0.4 is 0 Å². The highest BCUT2D eigenvalue weighted by Gasteiger charge is 2.19. The molecule has 0 aromatic heterocycles. The van der Waals surface area contributed by atoms with Gasteiger partial charge in [0.1, 0.15) is 13.2 Å². The van der Waals surface area contributed by atoms with Crippen molar-refractivity contribution in [1.29, 1.82) is 0 Å². The summed E-state index contributed by atoms with van der Waals surface area (Å²) in [6.07, 6.45) is 63.7. The number of esters is 3. The molecule has 0 aliphatic rings. The van der Waals surface area contributed by atoms with Gasteiger partial charge in [0.2, 0.25) is 0 Å². The Morgan fingerprint density at radius 2 is 0.578 bits per heavy atom. The van der Waals surface area contributed by atoms with Gasteiger partial charge in [0.05, 0.1) is 0 Å². The third kappa shape index (κ3) is 50.4.